The van der Waals surface area contributed by atoms with E-state index in [-0.39, 0.29) is 40.7 Å². The van der Waals surface area contributed by atoms with Gasteiger partial charge in [0.05, 0.1) is 16.2 Å². The number of carbonyl (C=O) groups excluding carboxylic acids is 2. The normalized spacial score (nSPS) is 12.2. The first kappa shape index (κ1) is 20.9. The van der Waals surface area contributed by atoms with Crippen LogP contribution in [0, 0.1) is 19.8 Å². The van der Waals surface area contributed by atoms with E-state index in [0.717, 1.165) is 12.0 Å². The number of carbonyl (C=O) groups is 2. The van der Waals surface area contributed by atoms with Crippen LogP contribution in [-0.4, -0.2) is 21.6 Å². The predicted molar refractivity (Wildman–Crippen MR) is 114 cm³/mol. The summed E-state index contributed by atoms with van der Waals surface area (Å²) in [5.41, 5.74) is 2.49. The summed E-state index contributed by atoms with van der Waals surface area (Å²) in [5, 5.41) is 10.7. The van der Waals surface area contributed by atoms with Gasteiger partial charge in [-0.3, -0.25) is 14.2 Å². The number of hydrogen-bond acceptors (Lipinski definition) is 4. The van der Waals surface area contributed by atoms with Gasteiger partial charge in [0.25, 0.3) is 5.91 Å². The molecule has 0 spiro atoms. The van der Waals surface area contributed by atoms with Crippen molar-refractivity contribution in [3.8, 4) is 11.5 Å². The summed E-state index contributed by atoms with van der Waals surface area (Å²) in [6.07, 6.45) is 1.13. The van der Waals surface area contributed by atoms with Gasteiger partial charge in [0, 0.05) is 17.4 Å². The number of benzene rings is 2. The molecule has 0 amide bonds. The molecule has 1 aromatic heterocycles. The molecule has 1 N–H and O–H groups in total. The zero-order valence-corrected chi connectivity index (χ0v) is 17.7. The molecule has 1 atom stereocenters. The number of esters is 1. The van der Waals surface area contributed by atoms with Gasteiger partial charge in [-0.05, 0) is 44.0 Å². The highest BCUT2D eigenvalue weighted by molar-refractivity contribution is 6.33. The summed E-state index contributed by atoms with van der Waals surface area (Å²) < 4.78 is 7.11. The van der Waals surface area contributed by atoms with E-state index < -0.39 is 0 Å². The van der Waals surface area contributed by atoms with Crippen LogP contribution in [0.4, 0.5) is 0 Å². The lowest BCUT2D eigenvalue weighted by atomic mass is 10.1. The van der Waals surface area contributed by atoms with Crippen LogP contribution in [0.15, 0.2) is 36.4 Å². The Morgan fingerprint density at radius 1 is 1.17 bits per heavy atom. The summed E-state index contributed by atoms with van der Waals surface area (Å²) in [6.45, 7) is 7.64. The van der Waals surface area contributed by atoms with E-state index in [4.69, 9.17) is 16.3 Å². The third-order valence-electron chi connectivity index (χ3n) is 5.14. The van der Waals surface area contributed by atoms with Gasteiger partial charge >= 0.3 is 5.97 Å². The highest BCUT2D eigenvalue weighted by Crippen LogP contribution is 2.39. The van der Waals surface area contributed by atoms with Crippen LogP contribution in [-0.2, 0) is 4.79 Å². The minimum absolute atomic E-state index is 0.116. The van der Waals surface area contributed by atoms with E-state index in [9.17, 15) is 14.7 Å². The molecule has 0 bridgehead atoms. The van der Waals surface area contributed by atoms with Gasteiger partial charge in [-0.2, -0.15) is 0 Å². The molecule has 0 saturated carbocycles. The average molecular weight is 414 g/mol. The second kappa shape index (κ2) is 8.29. The largest absolute Gasteiger partial charge is 0.506 e. The second-order valence-corrected chi connectivity index (χ2v) is 7.84. The maximum absolute atomic E-state index is 13.2. The Hall–Kier alpha value is -2.79. The molecule has 1 heterocycles. The zero-order chi connectivity index (χ0) is 21.3. The second-order valence-electron chi connectivity index (χ2n) is 7.43. The molecule has 0 fully saturated rings. The van der Waals surface area contributed by atoms with Crippen LogP contribution in [0.2, 0.25) is 5.02 Å². The Labute approximate surface area is 174 Å². The minimum Gasteiger partial charge on any atom is -0.506 e. The smallest absolute Gasteiger partial charge is 0.311 e. The van der Waals surface area contributed by atoms with Gasteiger partial charge in [0.1, 0.15) is 5.75 Å². The number of halogens is 1. The van der Waals surface area contributed by atoms with E-state index in [1.807, 2.05) is 32.9 Å². The first-order valence-electron chi connectivity index (χ1n) is 9.58. The number of phenolic OH excluding ortho intramolecular Hbond substituents is 1. The first-order valence-corrected chi connectivity index (χ1v) is 9.96. The van der Waals surface area contributed by atoms with Gasteiger partial charge in [-0.25, -0.2) is 0 Å². The summed E-state index contributed by atoms with van der Waals surface area (Å²) in [4.78, 5) is 25.6. The summed E-state index contributed by atoms with van der Waals surface area (Å²) in [7, 11) is 0. The van der Waals surface area contributed by atoms with Crippen LogP contribution in [0.1, 0.15) is 48.3 Å². The fourth-order valence-corrected chi connectivity index (χ4v) is 3.35. The van der Waals surface area contributed by atoms with E-state index in [1.165, 1.54) is 16.7 Å². The standard InChI is InChI=1S/C23H24ClNO4/c1-5-13(2)10-21(27)29-22-15(4)25(19-12-18(24)20(26)11-17(19)22)23(28)16-8-6-14(3)7-9-16/h6-9,11-13,26H,5,10H2,1-4H3. The van der Waals surface area contributed by atoms with E-state index >= 15 is 0 Å². The molecule has 3 rings (SSSR count). The predicted octanol–water partition coefficient (Wildman–Crippen LogP) is 5.65. The molecule has 2 aromatic carbocycles. The molecule has 0 radical (unpaired) electrons. The van der Waals surface area contributed by atoms with Crippen molar-refractivity contribution in [1.29, 1.82) is 0 Å². The van der Waals surface area contributed by atoms with Gasteiger partial charge in [-0.1, -0.05) is 49.6 Å². The molecule has 0 aliphatic heterocycles. The van der Waals surface area contributed by atoms with Gasteiger partial charge in [-0.15, -0.1) is 0 Å². The van der Waals surface area contributed by atoms with Crippen LogP contribution >= 0.6 is 11.6 Å². The number of hydrogen-bond donors (Lipinski definition) is 1. The monoisotopic (exact) mass is 413 g/mol. The highest BCUT2D eigenvalue weighted by Gasteiger charge is 2.24. The van der Waals surface area contributed by atoms with Gasteiger partial charge in [0.2, 0.25) is 0 Å². The third kappa shape index (κ3) is 4.15. The van der Waals surface area contributed by atoms with Crippen molar-refractivity contribution < 1.29 is 19.4 Å². The van der Waals surface area contributed by atoms with E-state index in [1.54, 1.807) is 19.1 Å². The van der Waals surface area contributed by atoms with Crippen molar-refractivity contribution >= 4 is 34.4 Å². The average Bonchev–Trinajstić information content (AvgIpc) is 2.93. The Morgan fingerprint density at radius 2 is 1.83 bits per heavy atom. The lowest BCUT2D eigenvalue weighted by Gasteiger charge is -2.10. The molecule has 0 aliphatic rings. The Kier molecular flexibility index (Phi) is 5.99. The van der Waals surface area contributed by atoms with Crippen LogP contribution in [0.25, 0.3) is 10.9 Å². The molecule has 1 unspecified atom stereocenters. The summed E-state index contributed by atoms with van der Waals surface area (Å²) in [6, 6.07) is 10.2. The molecule has 0 saturated heterocycles. The number of rotatable bonds is 5. The van der Waals surface area contributed by atoms with Crippen molar-refractivity contribution in [2.75, 3.05) is 0 Å². The summed E-state index contributed by atoms with van der Waals surface area (Å²) in [5.74, 6) is -0.329. The van der Waals surface area contributed by atoms with Crippen LogP contribution in [0.5, 0.6) is 11.5 Å². The Balaban J connectivity index is 2.13. The molecule has 6 heteroatoms. The van der Waals surface area contributed by atoms with E-state index in [2.05, 4.69) is 0 Å². The lowest BCUT2D eigenvalue weighted by Crippen LogP contribution is -2.15. The van der Waals surface area contributed by atoms with Crippen molar-refractivity contribution in [3.63, 3.8) is 0 Å². The first-order chi connectivity index (χ1) is 13.7. The Morgan fingerprint density at radius 3 is 2.45 bits per heavy atom. The molecule has 152 valence electrons. The Bertz CT molecular complexity index is 1080. The zero-order valence-electron chi connectivity index (χ0n) is 17.0. The SMILES string of the molecule is CCC(C)CC(=O)Oc1c(C)n(C(=O)c2ccc(C)cc2)c2cc(Cl)c(O)cc12. The number of ether oxygens (including phenoxy) is 1. The molecular weight excluding hydrogens is 390 g/mol. The maximum Gasteiger partial charge on any atom is 0.311 e. The molecular formula is C23H24ClNO4. The van der Waals surface area contributed by atoms with Crippen molar-refractivity contribution in [3.05, 3.63) is 58.2 Å². The number of aromatic hydroxyl groups is 1. The minimum atomic E-state index is -0.376. The number of fused-ring (bicyclic) bond motifs is 1. The number of aromatic nitrogens is 1. The molecule has 29 heavy (non-hydrogen) atoms. The van der Waals surface area contributed by atoms with Gasteiger partial charge in [0.15, 0.2) is 5.75 Å². The third-order valence-corrected chi connectivity index (χ3v) is 5.45. The van der Waals surface area contributed by atoms with Crippen molar-refractivity contribution in [2.45, 2.75) is 40.5 Å². The van der Waals surface area contributed by atoms with Gasteiger partial charge < -0.3 is 9.84 Å². The molecule has 3 aromatic rings. The molecule has 0 aliphatic carbocycles. The quantitative estimate of drug-likeness (QED) is 0.549. The van der Waals surface area contributed by atoms with Crippen LogP contribution in [0.3, 0.4) is 0 Å². The topological polar surface area (TPSA) is 68.5 Å². The fraction of sp³-hybridized carbons (Fsp3) is 0.304. The van der Waals surface area contributed by atoms with Crippen molar-refractivity contribution in [2.24, 2.45) is 5.92 Å². The highest BCUT2D eigenvalue weighted by atomic mass is 35.5. The molecule has 5 nitrogen and oxygen atoms in total. The number of phenols is 1. The van der Waals surface area contributed by atoms with Crippen LogP contribution < -0.4 is 4.74 Å². The maximum atomic E-state index is 13.2. The van der Waals surface area contributed by atoms with Crippen molar-refractivity contribution in [1.82, 2.24) is 4.57 Å². The number of aryl methyl sites for hydroxylation is 1. The lowest BCUT2D eigenvalue weighted by molar-refractivity contribution is -0.135. The summed E-state index contributed by atoms with van der Waals surface area (Å²) >= 11 is 6.10. The van der Waals surface area contributed by atoms with E-state index in [0.29, 0.717) is 22.2 Å². The number of nitrogens with zero attached hydrogens (tertiary/aromatic N) is 1. The fourth-order valence-electron chi connectivity index (χ4n) is 3.20.